The Bertz CT molecular complexity index is 1180. The molecule has 0 aliphatic carbocycles. The van der Waals surface area contributed by atoms with E-state index in [-0.39, 0.29) is 17.8 Å². The number of benzene rings is 2. The average molecular weight is 448 g/mol. The number of halogens is 1. The SMILES string of the molecule is CN(C)c1ncc(-c2ccc(F)cc2)c(C2CCCN2C(=O)c2ccc3c(c2)OCCO3)n1. The van der Waals surface area contributed by atoms with Crippen molar-refractivity contribution in [3.05, 3.63) is 65.7 Å². The summed E-state index contributed by atoms with van der Waals surface area (Å²) in [6.07, 6.45) is 3.41. The van der Waals surface area contributed by atoms with Gasteiger partial charge >= 0.3 is 0 Å². The number of likely N-dealkylation sites (tertiary alicyclic amines) is 1. The van der Waals surface area contributed by atoms with Crippen molar-refractivity contribution in [1.29, 1.82) is 0 Å². The summed E-state index contributed by atoms with van der Waals surface area (Å²) in [6.45, 7) is 1.59. The van der Waals surface area contributed by atoms with Crippen molar-refractivity contribution in [3.63, 3.8) is 0 Å². The Balaban J connectivity index is 1.53. The summed E-state index contributed by atoms with van der Waals surface area (Å²) in [5.74, 6) is 1.43. The minimum Gasteiger partial charge on any atom is -0.486 e. The Morgan fingerprint density at radius 1 is 1.09 bits per heavy atom. The number of hydrogen-bond donors (Lipinski definition) is 0. The van der Waals surface area contributed by atoms with Crippen molar-refractivity contribution in [2.24, 2.45) is 0 Å². The normalized spacial score (nSPS) is 17.2. The van der Waals surface area contributed by atoms with E-state index in [1.807, 2.05) is 23.9 Å². The van der Waals surface area contributed by atoms with Gasteiger partial charge in [-0.25, -0.2) is 14.4 Å². The molecule has 3 heterocycles. The zero-order chi connectivity index (χ0) is 22.9. The van der Waals surface area contributed by atoms with Crippen molar-refractivity contribution < 1.29 is 18.7 Å². The molecule has 1 fully saturated rings. The lowest BCUT2D eigenvalue weighted by Gasteiger charge is -2.27. The zero-order valence-corrected chi connectivity index (χ0v) is 18.6. The molecule has 170 valence electrons. The summed E-state index contributed by atoms with van der Waals surface area (Å²) in [5.41, 5.74) is 2.93. The van der Waals surface area contributed by atoms with Crippen LogP contribution < -0.4 is 14.4 Å². The molecule has 1 saturated heterocycles. The quantitative estimate of drug-likeness (QED) is 0.599. The number of carbonyl (C=O) groups excluding carboxylic acids is 1. The topological polar surface area (TPSA) is 67.8 Å². The first-order valence-corrected chi connectivity index (χ1v) is 11.0. The molecule has 2 aromatic carbocycles. The van der Waals surface area contributed by atoms with E-state index in [4.69, 9.17) is 14.5 Å². The number of aromatic nitrogens is 2. The van der Waals surface area contributed by atoms with Crippen LogP contribution >= 0.6 is 0 Å². The third kappa shape index (κ3) is 4.08. The predicted octanol–water partition coefficient (Wildman–Crippen LogP) is 4.10. The van der Waals surface area contributed by atoms with Crippen LogP contribution in [0.4, 0.5) is 10.3 Å². The van der Waals surface area contributed by atoms with Gasteiger partial charge in [-0.3, -0.25) is 4.79 Å². The molecule has 1 aromatic heterocycles. The van der Waals surface area contributed by atoms with E-state index in [1.165, 1.54) is 12.1 Å². The highest BCUT2D eigenvalue weighted by Crippen LogP contribution is 2.39. The number of fused-ring (bicyclic) bond motifs is 1. The van der Waals surface area contributed by atoms with Gasteiger partial charge in [0.2, 0.25) is 5.95 Å². The second kappa shape index (κ2) is 8.69. The van der Waals surface area contributed by atoms with E-state index in [2.05, 4.69) is 4.98 Å². The monoisotopic (exact) mass is 448 g/mol. The van der Waals surface area contributed by atoms with Gasteiger partial charge in [0.25, 0.3) is 5.91 Å². The maximum atomic E-state index is 13.6. The van der Waals surface area contributed by atoms with E-state index in [9.17, 15) is 9.18 Å². The number of nitrogens with zero attached hydrogens (tertiary/aromatic N) is 4. The minimum absolute atomic E-state index is 0.0791. The third-order valence-electron chi connectivity index (χ3n) is 5.98. The lowest BCUT2D eigenvalue weighted by molar-refractivity contribution is 0.0732. The van der Waals surface area contributed by atoms with Gasteiger partial charge in [0.1, 0.15) is 19.0 Å². The van der Waals surface area contributed by atoms with Crippen LogP contribution in [0, 0.1) is 5.82 Å². The first-order valence-electron chi connectivity index (χ1n) is 11.0. The Kier molecular flexibility index (Phi) is 5.58. The molecule has 0 saturated carbocycles. The molecule has 0 radical (unpaired) electrons. The second-order valence-corrected chi connectivity index (χ2v) is 8.39. The van der Waals surface area contributed by atoms with Gasteiger partial charge < -0.3 is 19.3 Å². The summed E-state index contributed by atoms with van der Waals surface area (Å²) in [7, 11) is 3.76. The molecule has 2 aliphatic rings. The third-order valence-corrected chi connectivity index (χ3v) is 5.98. The molecule has 0 bridgehead atoms. The van der Waals surface area contributed by atoms with E-state index in [0.29, 0.717) is 42.8 Å². The molecule has 5 rings (SSSR count). The molecule has 0 N–H and O–H groups in total. The Morgan fingerprint density at radius 2 is 1.85 bits per heavy atom. The molecule has 3 aromatic rings. The Hall–Kier alpha value is -3.68. The van der Waals surface area contributed by atoms with Gasteiger partial charge in [-0.2, -0.15) is 0 Å². The fourth-order valence-electron chi connectivity index (χ4n) is 4.34. The lowest BCUT2D eigenvalue weighted by atomic mass is 9.99. The van der Waals surface area contributed by atoms with Crippen molar-refractivity contribution in [3.8, 4) is 22.6 Å². The smallest absolute Gasteiger partial charge is 0.254 e. The molecule has 7 nitrogen and oxygen atoms in total. The molecule has 0 spiro atoms. The first kappa shape index (κ1) is 21.2. The highest BCUT2D eigenvalue weighted by Gasteiger charge is 2.34. The number of carbonyl (C=O) groups is 1. The molecular weight excluding hydrogens is 423 g/mol. The fourth-order valence-corrected chi connectivity index (χ4v) is 4.34. The second-order valence-electron chi connectivity index (χ2n) is 8.39. The highest BCUT2D eigenvalue weighted by molar-refractivity contribution is 5.95. The van der Waals surface area contributed by atoms with Gasteiger partial charge in [0.15, 0.2) is 11.5 Å². The van der Waals surface area contributed by atoms with Gasteiger partial charge in [-0.1, -0.05) is 12.1 Å². The number of hydrogen-bond acceptors (Lipinski definition) is 6. The van der Waals surface area contributed by atoms with Crippen LogP contribution in [0.5, 0.6) is 11.5 Å². The fraction of sp³-hybridized carbons (Fsp3) is 0.320. The number of anilines is 1. The first-order chi connectivity index (χ1) is 16.0. The van der Waals surface area contributed by atoms with Crippen molar-refractivity contribution in [2.75, 3.05) is 38.8 Å². The van der Waals surface area contributed by atoms with Crippen LogP contribution in [0.25, 0.3) is 11.1 Å². The number of amides is 1. The van der Waals surface area contributed by atoms with Crippen molar-refractivity contribution >= 4 is 11.9 Å². The standard InChI is InChI=1S/C25H25FN4O3/c1-29(2)25-27-15-19(16-5-8-18(26)9-6-16)23(28-25)20-4-3-11-30(20)24(31)17-7-10-21-22(14-17)33-13-12-32-21/h5-10,14-15,20H,3-4,11-13H2,1-2H3. The van der Waals surface area contributed by atoms with Gasteiger partial charge in [0, 0.05) is 38.0 Å². The van der Waals surface area contributed by atoms with Crippen LogP contribution in [0.2, 0.25) is 0 Å². The van der Waals surface area contributed by atoms with Crippen LogP contribution in [0.1, 0.15) is 34.9 Å². The molecule has 1 unspecified atom stereocenters. The van der Waals surface area contributed by atoms with Crippen molar-refractivity contribution in [1.82, 2.24) is 14.9 Å². The zero-order valence-electron chi connectivity index (χ0n) is 18.6. The van der Waals surface area contributed by atoms with Gasteiger partial charge in [-0.15, -0.1) is 0 Å². The molecule has 2 aliphatic heterocycles. The van der Waals surface area contributed by atoms with E-state index in [0.717, 1.165) is 29.7 Å². The maximum Gasteiger partial charge on any atom is 0.254 e. The largest absolute Gasteiger partial charge is 0.486 e. The van der Waals surface area contributed by atoms with E-state index >= 15 is 0 Å². The molecule has 1 amide bonds. The predicted molar refractivity (Wildman–Crippen MR) is 122 cm³/mol. The van der Waals surface area contributed by atoms with E-state index in [1.54, 1.807) is 36.5 Å². The summed E-state index contributed by atoms with van der Waals surface area (Å²) < 4.78 is 24.8. The van der Waals surface area contributed by atoms with Gasteiger partial charge in [-0.05, 0) is 48.7 Å². The van der Waals surface area contributed by atoms with Gasteiger partial charge in [0.05, 0.1) is 11.7 Å². The molecule has 8 heteroatoms. The summed E-state index contributed by atoms with van der Waals surface area (Å²) in [6, 6.07) is 11.4. The van der Waals surface area contributed by atoms with Crippen LogP contribution in [0.15, 0.2) is 48.7 Å². The molecule has 33 heavy (non-hydrogen) atoms. The number of ether oxygens (including phenoxy) is 2. The summed E-state index contributed by atoms with van der Waals surface area (Å²) in [5, 5.41) is 0. The maximum absolute atomic E-state index is 13.6. The average Bonchev–Trinajstić information content (AvgIpc) is 3.33. The minimum atomic E-state index is -0.303. The summed E-state index contributed by atoms with van der Waals surface area (Å²) in [4.78, 5) is 26.6. The van der Waals surface area contributed by atoms with E-state index < -0.39 is 0 Å². The van der Waals surface area contributed by atoms with Crippen LogP contribution in [-0.2, 0) is 0 Å². The molecule has 1 atom stereocenters. The van der Waals surface area contributed by atoms with Crippen molar-refractivity contribution in [2.45, 2.75) is 18.9 Å². The lowest BCUT2D eigenvalue weighted by Crippen LogP contribution is -2.32. The molecular formula is C25H25FN4O3. The Labute approximate surface area is 191 Å². The van der Waals surface area contributed by atoms with Crippen LogP contribution in [-0.4, -0.2) is 54.6 Å². The highest BCUT2D eigenvalue weighted by atomic mass is 19.1. The number of rotatable bonds is 4. The van der Waals surface area contributed by atoms with Crippen LogP contribution in [0.3, 0.4) is 0 Å². The summed E-state index contributed by atoms with van der Waals surface area (Å²) >= 11 is 0. The Morgan fingerprint density at radius 3 is 2.61 bits per heavy atom.